The third kappa shape index (κ3) is 3.00. The van der Waals surface area contributed by atoms with Crippen LogP contribution in [0.3, 0.4) is 0 Å². The van der Waals surface area contributed by atoms with Crippen LogP contribution in [0.25, 0.3) is 0 Å². The molecule has 1 aromatic carbocycles. The number of anilines is 1. The van der Waals surface area contributed by atoms with E-state index in [0.29, 0.717) is 0 Å². The lowest BCUT2D eigenvalue weighted by molar-refractivity contribution is 0.103. The van der Waals surface area contributed by atoms with Crippen LogP contribution in [0.4, 0.5) is 5.69 Å². The summed E-state index contributed by atoms with van der Waals surface area (Å²) in [6, 6.07) is 9.58. The van der Waals surface area contributed by atoms with Crippen LogP contribution < -0.4 is 5.32 Å². The fourth-order valence-corrected chi connectivity index (χ4v) is 3.15. The van der Waals surface area contributed by atoms with Gasteiger partial charge in [0, 0.05) is 15.0 Å². The van der Waals surface area contributed by atoms with Crippen LogP contribution in [-0.4, -0.2) is 5.91 Å². The molecule has 2 rings (SSSR count). The lowest BCUT2D eigenvalue weighted by atomic mass is 10.2. The van der Waals surface area contributed by atoms with E-state index in [0.717, 1.165) is 21.5 Å². The van der Waals surface area contributed by atoms with Crippen LogP contribution in [0.15, 0.2) is 34.8 Å². The Kier molecular flexibility index (Phi) is 4.19. The molecular formula is C14H14BrNOS. The van der Waals surface area contributed by atoms with Crippen molar-refractivity contribution in [1.29, 1.82) is 0 Å². The number of halogens is 1. The fourth-order valence-electron chi connectivity index (χ4n) is 1.74. The van der Waals surface area contributed by atoms with Crippen molar-refractivity contribution in [2.45, 2.75) is 20.3 Å². The first kappa shape index (κ1) is 13.3. The van der Waals surface area contributed by atoms with Crippen LogP contribution in [0.1, 0.15) is 27.0 Å². The molecule has 0 radical (unpaired) electrons. The number of rotatable bonds is 3. The van der Waals surface area contributed by atoms with E-state index in [1.807, 2.05) is 30.3 Å². The molecule has 18 heavy (non-hydrogen) atoms. The zero-order valence-electron chi connectivity index (χ0n) is 10.3. The van der Waals surface area contributed by atoms with E-state index in [4.69, 9.17) is 0 Å². The van der Waals surface area contributed by atoms with Gasteiger partial charge >= 0.3 is 0 Å². The van der Waals surface area contributed by atoms with Gasteiger partial charge in [-0.1, -0.05) is 28.9 Å². The quantitative estimate of drug-likeness (QED) is 0.876. The smallest absolute Gasteiger partial charge is 0.265 e. The van der Waals surface area contributed by atoms with Crippen LogP contribution in [0.2, 0.25) is 0 Å². The van der Waals surface area contributed by atoms with Gasteiger partial charge in [-0.2, -0.15) is 0 Å². The maximum absolute atomic E-state index is 12.1. The second-order valence-electron chi connectivity index (χ2n) is 4.01. The summed E-state index contributed by atoms with van der Waals surface area (Å²) in [5.41, 5.74) is 2.05. The maximum Gasteiger partial charge on any atom is 0.265 e. The van der Waals surface area contributed by atoms with Crippen molar-refractivity contribution in [3.8, 4) is 0 Å². The van der Waals surface area contributed by atoms with Crippen molar-refractivity contribution in [2.75, 3.05) is 5.32 Å². The average molecular weight is 324 g/mol. The Morgan fingerprint density at radius 3 is 2.78 bits per heavy atom. The SMILES string of the molecule is CCc1cc(C(=O)Nc2cccc(Br)c2)sc1C. The van der Waals surface area contributed by atoms with E-state index in [-0.39, 0.29) is 5.91 Å². The zero-order valence-corrected chi connectivity index (χ0v) is 12.7. The summed E-state index contributed by atoms with van der Waals surface area (Å²) >= 11 is 4.93. The minimum atomic E-state index is -0.0408. The van der Waals surface area contributed by atoms with Gasteiger partial charge < -0.3 is 5.32 Å². The predicted octanol–water partition coefficient (Wildman–Crippen LogP) is 4.63. The molecule has 2 aromatic rings. The first-order valence-electron chi connectivity index (χ1n) is 5.76. The molecule has 0 bridgehead atoms. The summed E-state index contributed by atoms with van der Waals surface area (Å²) in [5.74, 6) is -0.0408. The van der Waals surface area contributed by atoms with Gasteiger partial charge in [0.05, 0.1) is 4.88 Å². The number of amides is 1. The minimum Gasteiger partial charge on any atom is -0.321 e. The first-order valence-corrected chi connectivity index (χ1v) is 7.37. The van der Waals surface area contributed by atoms with Gasteiger partial charge in [-0.15, -0.1) is 11.3 Å². The molecule has 1 aromatic heterocycles. The molecule has 94 valence electrons. The highest BCUT2D eigenvalue weighted by molar-refractivity contribution is 9.10. The standard InChI is InChI=1S/C14H14BrNOS/c1-3-10-7-13(18-9(10)2)14(17)16-12-6-4-5-11(15)8-12/h4-8H,3H2,1-2H3,(H,16,17). The maximum atomic E-state index is 12.1. The lowest BCUT2D eigenvalue weighted by Crippen LogP contribution is -2.09. The molecule has 2 nitrogen and oxygen atoms in total. The van der Waals surface area contributed by atoms with Gasteiger partial charge in [0.1, 0.15) is 0 Å². The molecule has 1 N–H and O–H groups in total. The topological polar surface area (TPSA) is 29.1 Å². The third-order valence-electron chi connectivity index (χ3n) is 2.71. The predicted molar refractivity (Wildman–Crippen MR) is 80.5 cm³/mol. The van der Waals surface area contributed by atoms with Crippen molar-refractivity contribution in [3.63, 3.8) is 0 Å². The molecule has 0 aliphatic carbocycles. The number of aryl methyl sites for hydroxylation is 2. The highest BCUT2D eigenvalue weighted by atomic mass is 79.9. The van der Waals surface area contributed by atoms with Crippen molar-refractivity contribution in [1.82, 2.24) is 0 Å². The number of carbonyl (C=O) groups is 1. The molecule has 0 unspecified atom stereocenters. The van der Waals surface area contributed by atoms with Crippen molar-refractivity contribution in [2.24, 2.45) is 0 Å². The number of hydrogen-bond donors (Lipinski definition) is 1. The van der Waals surface area contributed by atoms with Crippen LogP contribution in [0, 0.1) is 6.92 Å². The summed E-state index contributed by atoms with van der Waals surface area (Å²) in [7, 11) is 0. The van der Waals surface area contributed by atoms with Crippen molar-refractivity contribution < 1.29 is 4.79 Å². The van der Waals surface area contributed by atoms with Crippen molar-refractivity contribution >= 4 is 38.9 Å². The van der Waals surface area contributed by atoms with Crippen LogP contribution in [0.5, 0.6) is 0 Å². The van der Waals surface area contributed by atoms with Gasteiger partial charge in [0.2, 0.25) is 0 Å². The summed E-state index contributed by atoms with van der Waals surface area (Å²) in [6.45, 7) is 4.16. The Balaban J connectivity index is 2.16. The fraction of sp³-hybridized carbons (Fsp3) is 0.214. The lowest BCUT2D eigenvalue weighted by Gasteiger charge is -2.03. The molecule has 1 heterocycles. The van der Waals surface area contributed by atoms with Crippen LogP contribution in [-0.2, 0) is 6.42 Å². The van der Waals surface area contributed by atoms with E-state index >= 15 is 0 Å². The van der Waals surface area contributed by atoms with E-state index < -0.39 is 0 Å². The van der Waals surface area contributed by atoms with E-state index in [1.54, 1.807) is 11.3 Å². The Hall–Kier alpha value is -1.13. The summed E-state index contributed by atoms with van der Waals surface area (Å²) in [5, 5.41) is 2.91. The summed E-state index contributed by atoms with van der Waals surface area (Å²) in [4.78, 5) is 14.1. The Morgan fingerprint density at radius 2 is 2.17 bits per heavy atom. The first-order chi connectivity index (χ1) is 8.60. The number of carbonyl (C=O) groups excluding carboxylic acids is 1. The largest absolute Gasteiger partial charge is 0.321 e. The number of thiophene rings is 1. The molecule has 0 aliphatic heterocycles. The van der Waals surface area contributed by atoms with E-state index in [2.05, 4.69) is 35.1 Å². The number of nitrogens with one attached hydrogen (secondary N) is 1. The molecule has 0 fully saturated rings. The highest BCUT2D eigenvalue weighted by Gasteiger charge is 2.11. The van der Waals surface area contributed by atoms with Gasteiger partial charge in [0.25, 0.3) is 5.91 Å². The Morgan fingerprint density at radius 1 is 1.39 bits per heavy atom. The third-order valence-corrected chi connectivity index (χ3v) is 4.29. The summed E-state index contributed by atoms with van der Waals surface area (Å²) in [6.07, 6.45) is 0.965. The normalized spacial score (nSPS) is 10.4. The number of hydrogen-bond acceptors (Lipinski definition) is 2. The molecule has 4 heteroatoms. The van der Waals surface area contributed by atoms with E-state index in [1.165, 1.54) is 10.4 Å². The highest BCUT2D eigenvalue weighted by Crippen LogP contribution is 2.23. The molecule has 1 amide bonds. The van der Waals surface area contributed by atoms with Gasteiger partial charge in [0.15, 0.2) is 0 Å². The Labute approximate surface area is 119 Å². The second kappa shape index (κ2) is 5.67. The monoisotopic (exact) mass is 323 g/mol. The molecule has 0 saturated heterocycles. The van der Waals surface area contributed by atoms with Crippen LogP contribution >= 0.6 is 27.3 Å². The second-order valence-corrected chi connectivity index (χ2v) is 6.18. The molecule has 0 saturated carbocycles. The molecule has 0 atom stereocenters. The van der Waals surface area contributed by atoms with Gasteiger partial charge in [-0.25, -0.2) is 0 Å². The van der Waals surface area contributed by atoms with E-state index in [9.17, 15) is 4.79 Å². The summed E-state index contributed by atoms with van der Waals surface area (Å²) < 4.78 is 0.955. The van der Waals surface area contributed by atoms with Gasteiger partial charge in [-0.3, -0.25) is 4.79 Å². The molecular weight excluding hydrogens is 310 g/mol. The van der Waals surface area contributed by atoms with Gasteiger partial charge in [-0.05, 0) is 43.2 Å². The zero-order chi connectivity index (χ0) is 13.1. The molecule has 0 aliphatic rings. The Bertz CT molecular complexity index is 577. The molecule has 0 spiro atoms. The minimum absolute atomic E-state index is 0.0408. The number of benzene rings is 1. The average Bonchev–Trinajstić information content (AvgIpc) is 2.70. The van der Waals surface area contributed by atoms with Crippen molar-refractivity contribution in [3.05, 3.63) is 50.1 Å².